The monoisotopic (exact) mass is 289 g/mol. The molecule has 0 spiro atoms. The summed E-state index contributed by atoms with van der Waals surface area (Å²) in [6.07, 6.45) is -4.25. The SMILES string of the molecule is NS(=O)(=O)CCCNc1nc(C(F)(F)F)cs1. The second kappa shape index (κ2) is 5.19. The molecule has 10 heteroatoms. The minimum Gasteiger partial charge on any atom is -0.361 e. The smallest absolute Gasteiger partial charge is 0.361 e. The van der Waals surface area contributed by atoms with E-state index in [0.29, 0.717) is 0 Å². The van der Waals surface area contributed by atoms with E-state index < -0.39 is 21.9 Å². The molecule has 0 aliphatic carbocycles. The number of rotatable bonds is 5. The van der Waals surface area contributed by atoms with Gasteiger partial charge in [0.15, 0.2) is 10.8 Å². The van der Waals surface area contributed by atoms with E-state index >= 15 is 0 Å². The van der Waals surface area contributed by atoms with Gasteiger partial charge >= 0.3 is 6.18 Å². The van der Waals surface area contributed by atoms with E-state index in [4.69, 9.17) is 5.14 Å². The van der Waals surface area contributed by atoms with Crippen molar-refractivity contribution in [1.29, 1.82) is 0 Å². The topological polar surface area (TPSA) is 85.1 Å². The summed E-state index contributed by atoms with van der Waals surface area (Å²) >= 11 is 0.811. The van der Waals surface area contributed by atoms with Crippen molar-refractivity contribution in [3.63, 3.8) is 0 Å². The molecule has 0 amide bonds. The largest absolute Gasteiger partial charge is 0.434 e. The Bertz CT molecular complexity index is 469. The highest BCUT2D eigenvalue weighted by Crippen LogP contribution is 2.31. The van der Waals surface area contributed by atoms with Gasteiger partial charge in [-0.1, -0.05) is 0 Å². The van der Waals surface area contributed by atoms with Crippen molar-refractivity contribution in [3.05, 3.63) is 11.1 Å². The number of alkyl halides is 3. The van der Waals surface area contributed by atoms with Crippen LogP contribution in [-0.2, 0) is 16.2 Å². The highest BCUT2D eigenvalue weighted by molar-refractivity contribution is 7.89. The molecule has 1 aromatic rings. The van der Waals surface area contributed by atoms with Crippen LogP contribution < -0.4 is 10.5 Å². The quantitative estimate of drug-likeness (QED) is 0.799. The van der Waals surface area contributed by atoms with Gasteiger partial charge in [-0.25, -0.2) is 18.5 Å². The fraction of sp³-hybridized carbons (Fsp3) is 0.571. The fourth-order valence-corrected chi connectivity index (χ4v) is 2.25. The molecule has 0 unspecified atom stereocenters. The van der Waals surface area contributed by atoms with Gasteiger partial charge in [-0.3, -0.25) is 0 Å². The lowest BCUT2D eigenvalue weighted by atomic mass is 10.5. The van der Waals surface area contributed by atoms with Crippen LogP contribution in [0.4, 0.5) is 18.3 Å². The number of sulfonamides is 1. The van der Waals surface area contributed by atoms with Gasteiger partial charge in [0.25, 0.3) is 0 Å². The van der Waals surface area contributed by atoms with Crippen LogP contribution in [0.25, 0.3) is 0 Å². The third-order valence-electron chi connectivity index (χ3n) is 1.68. The Morgan fingerprint density at radius 2 is 2.12 bits per heavy atom. The summed E-state index contributed by atoms with van der Waals surface area (Å²) < 4.78 is 57.6. The first-order valence-electron chi connectivity index (χ1n) is 4.45. The first kappa shape index (κ1) is 14.2. The molecule has 1 aromatic heterocycles. The van der Waals surface area contributed by atoms with Crippen LogP contribution in [0.1, 0.15) is 12.1 Å². The number of nitrogens with zero attached hydrogens (tertiary/aromatic N) is 1. The van der Waals surface area contributed by atoms with E-state index in [1.165, 1.54) is 0 Å². The number of aromatic nitrogens is 1. The lowest BCUT2D eigenvalue weighted by Crippen LogP contribution is -2.18. The van der Waals surface area contributed by atoms with Crippen molar-refractivity contribution in [1.82, 2.24) is 4.98 Å². The van der Waals surface area contributed by atoms with Crippen molar-refractivity contribution in [2.24, 2.45) is 5.14 Å². The molecule has 0 radical (unpaired) electrons. The van der Waals surface area contributed by atoms with Crippen molar-refractivity contribution in [3.8, 4) is 0 Å². The Hall–Kier alpha value is -0.870. The molecular formula is C7H10F3N3O2S2. The zero-order valence-corrected chi connectivity index (χ0v) is 10.1. The lowest BCUT2D eigenvalue weighted by Gasteiger charge is -2.02. The van der Waals surface area contributed by atoms with Gasteiger partial charge in [0, 0.05) is 11.9 Å². The summed E-state index contributed by atoms with van der Waals surface area (Å²) in [6, 6.07) is 0. The first-order chi connectivity index (χ1) is 7.68. The second-order valence-corrected chi connectivity index (χ2v) is 5.78. The summed E-state index contributed by atoms with van der Waals surface area (Å²) in [6.45, 7) is 0.196. The van der Waals surface area contributed by atoms with Crippen LogP contribution in [0.2, 0.25) is 0 Å². The molecule has 17 heavy (non-hydrogen) atoms. The van der Waals surface area contributed by atoms with Crippen molar-refractivity contribution < 1.29 is 21.6 Å². The van der Waals surface area contributed by atoms with Gasteiger partial charge in [0.05, 0.1) is 5.75 Å². The van der Waals surface area contributed by atoms with Gasteiger partial charge in [0.2, 0.25) is 10.0 Å². The van der Waals surface area contributed by atoms with Crippen LogP contribution in [-0.4, -0.2) is 25.7 Å². The minimum atomic E-state index is -4.46. The summed E-state index contributed by atoms with van der Waals surface area (Å²) in [7, 11) is -3.53. The highest BCUT2D eigenvalue weighted by atomic mass is 32.2. The molecule has 0 aromatic carbocycles. The van der Waals surface area contributed by atoms with Crippen LogP contribution in [0, 0.1) is 0 Å². The Labute approximate surface area is 99.9 Å². The van der Waals surface area contributed by atoms with E-state index in [0.717, 1.165) is 16.7 Å². The normalized spacial score (nSPS) is 12.7. The predicted octanol–water partition coefficient (Wildman–Crippen LogP) is 1.25. The van der Waals surface area contributed by atoms with Gasteiger partial charge in [-0.2, -0.15) is 13.2 Å². The number of hydrogen-bond acceptors (Lipinski definition) is 5. The number of halogens is 3. The van der Waals surface area contributed by atoms with Crippen LogP contribution in [0.5, 0.6) is 0 Å². The molecule has 1 rings (SSSR count). The molecule has 0 aliphatic heterocycles. The third-order valence-corrected chi connectivity index (χ3v) is 3.33. The molecule has 0 fully saturated rings. The molecule has 5 nitrogen and oxygen atoms in total. The molecule has 0 saturated heterocycles. The summed E-state index contributed by atoms with van der Waals surface area (Å²) in [4.78, 5) is 3.32. The first-order valence-corrected chi connectivity index (χ1v) is 7.05. The number of thiazole rings is 1. The van der Waals surface area contributed by atoms with E-state index in [-0.39, 0.29) is 23.8 Å². The van der Waals surface area contributed by atoms with Crippen molar-refractivity contribution >= 4 is 26.5 Å². The highest BCUT2D eigenvalue weighted by Gasteiger charge is 2.33. The Morgan fingerprint density at radius 3 is 2.59 bits per heavy atom. The summed E-state index contributed by atoms with van der Waals surface area (Å²) in [5.41, 5.74) is -0.962. The zero-order chi connectivity index (χ0) is 13.1. The van der Waals surface area contributed by atoms with E-state index in [9.17, 15) is 21.6 Å². The van der Waals surface area contributed by atoms with Crippen LogP contribution in [0.15, 0.2) is 5.38 Å². The average molecular weight is 289 g/mol. The molecular weight excluding hydrogens is 279 g/mol. The second-order valence-electron chi connectivity index (χ2n) is 3.18. The van der Waals surface area contributed by atoms with E-state index in [1.807, 2.05) is 0 Å². The molecule has 3 N–H and O–H groups in total. The van der Waals surface area contributed by atoms with Gasteiger partial charge in [-0.05, 0) is 6.42 Å². The van der Waals surface area contributed by atoms with Crippen LogP contribution in [0.3, 0.4) is 0 Å². The Kier molecular flexibility index (Phi) is 4.33. The third kappa shape index (κ3) is 5.33. The van der Waals surface area contributed by atoms with Gasteiger partial charge < -0.3 is 5.32 Å². The number of anilines is 1. The van der Waals surface area contributed by atoms with Gasteiger partial charge in [0.1, 0.15) is 0 Å². The van der Waals surface area contributed by atoms with Crippen LogP contribution >= 0.6 is 11.3 Å². The number of nitrogens with one attached hydrogen (secondary N) is 1. The molecule has 1 heterocycles. The Morgan fingerprint density at radius 1 is 1.47 bits per heavy atom. The number of hydrogen-bond donors (Lipinski definition) is 2. The molecule has 0 saturated carbocycles. The summed E-state index contributed by atoms with van der Waals surface area (Å²) in [5, 5.41) is 8.35. The number of primary sulfonamides is 1. The molecule has 98 valence electrons. The maximum absolute atomic E-state index is 12.2. The Balaban J connectivity index is 2.41. The molecule has 0 atom stereocenters. The fourth-order valence-electron chi connectivity index (χ4n) is 0.954. The minimum absolute atomic E-state index is 0.103. The molecule has 0 aliphatic rings. The van der Waals surface area contributed by atoms with E-state index in [2.05, 4.69) is 10.3 Å². The average Bonchev–Trinajstić information content (AvgIpc) is 2.58. The molecule has 0 bridgehead atoms. The standard InChI is InChI=1S/C7H10F3N3O2S2/c8-7(9,10)5-4-16-6(13-5)12-2-1-3-17(11,14)15/h4H,1-3H2,(H,12,13)(H2,11,14,15). The van der Waals surface area contributed by atoms with E-state index in [1.54, 1.807) is 0 Å². The summed E-state index contributed by atoms with van der Waals surface area (Å²) in [5.74, 6) is -0.225. The van der Waals surface area contributed by atoms with Crippen molar-refractivity contribution in [2.45, 2.75) is 12.6 Å². The zero-order valence-electron chi connectivity index (χ0n) is 8.49. The predicted molar refractivity (Wildman–Crippen MR) is 58.2 cm³/mol. The number of nitrogens with two attached hydrogens (primary N) is 1. The van der Waals surface area contributed by atoms with Crippen molar-refractivity contribution in [2.75, 3.05) is 17.6 Å². The lowest BCUT2D eigenvalue weighted by molar-refractivity contribution is -0.140. The maximum Gasteiger partial charge on any atom is 0.434 e. The maximum atomic E-state index is 12.2. The van der Waals surface area contributed by atoms with Gasteiger partial charge in [-0.15, -0.1) is 11.3 Å².